The van der Waals surface area contributed by atoms with Crippen LogP contribution in [0.4, 0.5) is 0 Å². The Hall–Kier alpha value is -2.88. The second kappa shape index (κ2) is 6.08. The topological polar surface area (TPSA) is 49.4 Å². The highest BCUT2D eigenvalue weighted by molar-refractivity contribution is 5.94. The van der Waals surface area contributed by atoms with E-state index in [1.165, 1.54) is 0 Å². The van der Waals surface area contributed by atoms with Crippen LogP contribution in [0, 0.1) is 0 Å². The molecule has 4 nitrogen and oxygen atoms in total. The first-order valence-electron chi connectivity index (χ1n) is 7.50. The maximum absolute atomic E-state index is 11.9. The number of benzene rings is 2. The average Bonchev–Trinajstić information content (AvgIpc) is 3.01. The van der Waals surface area contributed by atoms with Crippen molar-refractivity contribution in [3.63, 3.8) is 0 Å². The third-order valence-corrected chi connectivity index (χ3v) is 3.92. The Kier molecular flexibility index (Phi) is 3.98. The van der Waals surface area contributed by atoms with E-state index in [1.54, 1.807) is 30.9 Å². The fraction of sp³-hybridized carbons (Fsp3) is 0.158. The van der Waals surface area contributed by atoms with Crippen LogP contribution in [0.15, 0.2) is 60.8 Å². The average molecular weight is 306 g/mol. The Labute approximate surface area is 135 Å². The largest absolute Gasteiger partial charge is 0.359 e. The number of hydrogen-bond donors (Lipinski definition) is 1. The highest BCUT2D eigenvalue weighted by Crippen LogP contribution is 2.30. The van der Waals surface area contributed by atoms with Gasteiger partial charge in [0, 0.05) is 18.7 Å². The Morgan fingerprint density at radius 1 is 0.957 bits per heavy atom. The maximum atomic E-state index is 11.9. The van der Waals surface area contributed by atoms with Gasteiger partial charge in [-0.15, -0.1) is 0 Å². The van der Waals surface area contributed by atoms with Crippen LogP contribution in [0.3, 0.4) is 0 Å². The standard InChI is InChI=1S/C19H18N2O2/c1-13(22)15-8-10-16(11-9-15)18-12-21(14(2)23)19(20-18)17-6-4-3-5-7-17/h3-12,19-20H,1-2H3. The first kappa shape index (κ1) is 15.0. The molecule has 1 N–H and O–H groups in total. The van der Waals surface area contributed by atoms with Gasteiger partial charge in [0.25, 0.3) is 0 Å². The number of Topliss-reactive ketones (excluding diaryl/α,β-unsaturated/α-hetero) is 1. The first-order valence-corrected chi connectivity index (χ1v) is 7.50. The number of nitrogens with one attached hydrogen (secondary N) is 1. The molecule has 0 fully saturated rings. The van der Waals surface area contributed by atoms with Gasteiger partial charge in [-0.2, -0.15) is 0 Å². The van der Waals surface area contributed by atoms with Crippen molar-refractivity contribution in [1.82, 2.24) is 10.2 Å². The van der Waals surface area contributed by atoms with Gasteiger partial charge in [-0.1, -0.05) is 54.6 Å². The molecule has 0 saturated carbocycles. The van der Waals surface area contributed by atoms with E-state index in [-0.39, 0.29) is 17.9 Å². The fourth-order valence-corrected chi connectivity index (χ4v) is 2.66. The molecule has 1 aliphatic rings. The normalized spacial score (nSPS) is 16.7. The van der Waals surface area contributed by atoms with Crippen LogP contribution < -0.4 is 5.32 Å². The zero-order valence-corrected chi connectivity index (χ0v) is 13.1. The van der Waals surface area contributed by atoms with E-state index in [2.05, 4.69) is 5.32 Å². The molecular weight excluding hydrogens is 288 g/mol. The second-order valence-corrected chi connectivity index (χ2v) is 5.56. The summed E-state index contributed by atoms with van der Waals surface area (Å²) < 4.78 is 0. The van der Waals surface area contributed by atoms with Gasteiger partial charge < -0.3 is 5.32 Å². The monoisotopic (exact) mass is 306 g/mol. The van der Waals surface area contributed by atoms with Crippen molar-refractivity contribution in [1.29, 1.82) is 0 Å². The van der Waals surface area contributed by atoms with Gasteiger partial charge in [0.1, 0.15) is 6.17 Å². The third-order valence-electron chi connectivity index (χ3n) is 3.92. The molecule has 0 bridgehead atoms. The van der Waals surface area contributed by atoms with Gasteiger partial charge in [0.05, 0.1) is 5.70 Å². The number of carbonyl (C=O) groups excluding carboxylic acids is 2. The van der Waals surface area contributed by atoms with Gasteiger partial charge >= 0.3 is 0 Å². The fourth-order valence-electron chi connectivity index (χ4n) is 2.66. The van der Waals surface area contributed by atoms with E-state index in [1.807, 2.05) is 48.7 Å². The number of ketones is 1. The van der Waals surface area contributed by atoms with Crippen molar-refractivity contribution in [3.05, 3.63) is 77.5 Å². The van der Waals surface area contributed by atoms with Crippen molar-refractivity contribution >= 4 is 17.4 Å². The molecule has 1 unspecified atom stereocenters. The van der Waals surface area contributed by atoms with Gasteiger partial charge in [0.15, 0.2) is 5.78 Å². The van der Waals surface area contributed by atoms with Crippen LogP contribution in [0.1, 0.15) is 41.5 Å². The Morgan fingerprint density at radius 3 is 2.17 bits per heavy atom. The quantitative estimate of drug-likeness (QED) is 0.885. The van der Waals surface area contributed by atoms with Gasteiger partial charge in [-0.05, 0) is 18.1 Å². The molecule has 1 heterocycles. The predicted octanol–water partition coefficient (Wildman–Crippen LogP) is 3.34. The van der Waals surface area contributed by atoms with Crippen molar-refractivity contribution in [2.24, 2.45) is 0 Å². The van der Waals surface area contributed by atoms with Crippen LogP contribution in [0.25, 0.3) is 5.70 Å². The first-order chi connectivity index (χ1) is 11.1. The van der Waals surface area contributed by atoms with Crippen molar-refractivity contribution in [2.75, 3.05) is 0 Å². The molecule has 23 heavy (non-hydrogen) atoms. The Bertz CT molecular complexity index is 764. The van der Waals surface area contributed by atoms with E-state index in [9.17, 15) is 9.59 Å². The summed E-state index contributed by atoms with van der Waals surface area (Å²) in [6.07, 6.45) is 1.61. The lowest BCUT2D eigenvalue weighted by atomic mass is 10.1. The molecule has 2 aromatic carbocycles. The predicted molar refractivity (Wildman–Crippen MR) is 89.3 cm³/mol. The minimum absolute atomic E-state index is 0.0262. The van der Waals surface area contributed by atoms with Crippen LogP contribution in [-0.2, 0) is 4.79 Å². The number of hydrogen-bond acceptors (Lipinski definition) is 3. The molecule has 116 valence electrons. The number of carbonyl (C=O) groups is 2. The van der Waals surface area contributed by atoms with Crippen molar-refractivity contribution in [2.45, 2.75) is 20.0 Å². The molecule has 0 aliphatic carbocycles. The minimum Gasteiger partial charge on any atom is -0.359 e. The van der Waals surface area contributed by atoms with Crippen LogP contribution in [0.5, 0.6) is 0 Å². The van der Waals surface area contributed by atoms with E-state index < -0.39 is 0 Å². The van der Waals surface area contributed by atoms with Crippen LogP contribution in [0.2, 0.25) is 0 Å². The maximum Gasteiger partial charge on any atom is 0.225 e. The lowest BCUT2D eigenvalue weighted by Crippen LogP contribution is -2.30. The second-order valence-electron chi connectivity index (χ2n) is 5.56. The molecular formula is C19H18N2O2. The Balaban J connectivity index is 1.90. The molecule has 0 aromatic heterocycles. The van der Waals surface area contributed by atoms with E-state index in [4.69, 9.17) is 0 Å². The zero-order chi connectivity index (χ0) is 16.4. The summed E-state index contributed by atoms with van der Waals surface area (Å²) >= 11 is 0. The van der Waals surface area contributed by atoms with Crippen LogP contribution in [-0.4, -0.2) is 16.6 Å². The summed E-state index contributed by atoms with van der Waals surface area (Å²) in [6.45, 7) is 3.10. The van der Waals surface area contributed by atoms with Gasteiger partial charge in [0.2, 0.25) is 5.91 Å². The van der Waals surface area contributed by atoms with Crippen molar-refractivity contribution in [3.8, 4) is 0 Å². The summed E-state index contributed by atoms with van der Waals surface area (Å²) in [4.78, 5) is 25.0. The molecule has 3 rings (SSSR count). The molecule has 0 saturated heterocycles. The smallest absolute Gasteiger partial charge is 0.225 e. The summed E-state index contributed by atoms with van der Waals surface area (Å²) in [7, 11) is 0. The molecule has 4 heteroatoms. The SMILES string of the molecule is CC(=O)c1ccc(C2=CN(C(C)=O)C(c3ccccc3)N2)cc1. The van der Waals surface area contributed by atoms with Gasteiger partial charge in [-0.3, -0.25) is 14.5 Å². The molecule has 1 atom stereocenters. The number of nitrogens with zero attached hydrogens (tertiary/aromatic N) is 1. The highest BCUT2D eigenvalue weighted by Gasteiger charge is 2.28. The molecule has 2 aromatic rings. The molecule has 0 spiro atoms. The number of amides is 1. The molecule has 1 amide bonds. The summed E-state index contributed by atoms with van der Waals surface area (Å²) in [5.74, 6) is 0.0131. The van der Waals surface area contributed by atoms with E-state index in [0.29, 0.717) is 5.56 Å². The highest BCUT2D eigenvalue weighted by atomic mass is 16.2. The molecule has 0 radical (unpaired) electrons. The number of rotatable bonds is 3. The van der Waals surface area contributed by atoms with Gasteiger partial charge in [-0.25, -0.2) is 0 Å². The van der Waals surface area contributed by atoms with E-state index >= 15 is 0 Å². The third kappa shape index (κ3) is 3.01. The Morgan fingerprint density at radius 2 is 1.61 bits per heavy atom. The lowest BCUT2D eigenvalue weighted by Gasteiger charge is -2.23. The summed E-state index contributed by atoms with van der Waals surface area (Å²) in [5.41, 5.74) is 3.51. The van der Waals surface area contributed by atoms with Crippen molar-refractivity contribution < 1.29 is 9.59 Å². The minimum atomic E-state index is -0.212. The molecule has 1 aliphatic heterocycles. The summed E-state index contributed by atoms with van der Waals surface area (Å²) in [6, 6.07) is 17.2. The zero-order valence-electron chi connectivity index (χ0n) is 13.1. The van der Waals surface area contributed by atoms with E-state index in [0.717, 1.165) is 16.8 Å². The summed E-state index contributed by atoms with van der Waals surface area (Å²) in [5, 5.41) is 3.38. The lowest BCUT2D eigenvalue weighted by molar-refractivity contribution is -0.128. The van der Waals surface area contributed by atoms with Crippen LogP contribution >= 0.6 is 0 Å².